The fraction of sp³-hybridized carbons (Fsp3) is 0.105. The number of hydrogen-bond acceptors (Lipinski definition) is 7. The van der Waals surface area contributed by atoms with Crippen LogP contribution in [0.25, 0.3) is 22.6 Å². The smallest absolute Gasteiger partial charge is 0.280 e. The van der Waals surface area contributed by atoms with Crippen LogP contribution in [0.1, 0.15) is 11.4 Å². The van der Waals surface area contributed by atoms with Crippen LogP contribution in [0.3, 0.4) is 0 Å². The average molecular weight is 457 g/mol. The Balaban J connectivity index is 2.22. The van der Waals surface area contributed by atoms with Gasteiger partial charge in [0.2, 0.25) is 0 Å². The maximum Gasteiger partial charge on any atom is 0.280 e. The van der Waals surface area contributed by atoms with Crippen LogP contribution in [-0.2, 0) is 0 Å². The third-order valence-electron chi connectivity index (χ3n) is 4.07. The molecule has 0 spiro atoms. The minimum absolute atomic E-state index is 0.00333. The van der Waals surface area contributed by atoms with E-state index in [1.807, 2.05) is 6.07 Å². The van der Waals surface area contributed by atoms with Crippen molar-refractivity contribution >= 4 is 44.2 Å². The van der Waals surface area contributed by atoms with E-state index in [1.54, 1.807) is 18.2 Å². The lowest BCUT2D eigenvalue weighted by atomic mass is 10.1. The van der Waals surface area contributed by atoms with Crippen LogP contribution < -0.4 is 15.0 Å². The fourth-order valence-electron chi connectivity index (χ4n) is 2.71. The number of rotatable bonds is 5. The first-order chi connectivity index (χ1) is 13.9. The maximum atomic E-state index is 12.4. The summed E-state index contributed by atoms with van der Waals surface area (Å²) in [6.45, 7) is 0. The SMILES string of the molecule is COc1cc(/C=C(\C#N)c2nc3ccc(Br)cc3c(=O)[nH]2)c([N+](=O)[O-])cc1OC. The van der Waals surface area contributed by atoms with Gasteiger partial charge in [-0.2, -0.15) is 5.26 Å². The second kappa shape index (κ2) is 8.12. The van der Waals surface area contributed by atoms with Crippen molar-refractivity contribution in [2.75, 3.05) is 14.2 Å². The number of methoxy groups -OCH3 is 2. The van der Waals surface area contributed by atoms with E-state index < -0.39 is 10.5 Å². The molecular formula is C19H13BrN4O5. The van der Waals surface area contributed by atoms with Crippen LogP contribution in [0.2, 0.25) is 0 Å². The van der Waals surface area contributed by atoms with Gasteiger partial charge in [0.05, 0.1) is 47.2 Å². The predicted molar refractivity (Wildman–Crippen MR) is 110 cm³/mol. The first-order valence-corrected chi connectivity index (χ1v) is 8.89. The van der Waals surface area contributed by atoms with Crippen LogP contribution in [0, 0.1) is 21.4 Å². The molecule has 9 nitrogen and oxygen atoms in total. The van der Waals surface area contributed by atoms with Gasteiger partial charge in [0.1, 0.15) is 6.07 Å². The van der Waals surface area contributed by atoms with Crippen molar-refractivity contribution in [2.45, 2.75) is 0 Å². The lowest BCUT2D eigenvalue weighted by molar-refractivity contribution is -0.385. The molecule has 3 aromatic rings. The van der Waals surface area contributed by atoms with E-state index in [0.717, 1.165) is 0 Å². The lowest BCUT2D eigenvalue weighted by Crippen LogP contribution is -2.11. The van der Waals surface area contributed by atoms with E-state index in [1.165, 1.54) is 32.4 Å². The number of nitriles is 1. The minimum atomic E-state index is -0.600. The molecule has 1 aromatic heterocycles. The molecule has 0 bridgehead atoms. The predicted octanol–water partition coefficient (Wildman–Crippen LogP) is 3.68. The summed E-state index contributed by atoms with van der Waals surface area (Å²) in [6.07, 6.45) is 1.27. The maximum absolute atomic E-state index is 12.4. The van der Waals surface area contributed by atoms with Crippen LogP contribution in [-0.4, -0.2) is 29.1 Å². The van der Waals surface area contributed by atoms with Gasteiger partial charge in [-0.1, -0.05) is 15.9 Å². The van der Waals surface area contributed by atoms with Gasteiger partial charge >= 0.3 is 0 Å². The van der Waals surface area contributed by atoms with Crippen molar-refractivity contribution in [3.05, 3.63) is 66.7 Å². The molecule has 3 rings (SSSR count). The molecule has 2 aromatic carbocycles. The summed E-state index contributed by atoms with van der Waals surface area (Å²) >= 11 is 3.29. The summed E-state index contributed by atoms with van der Waals surface area (Å²) in [5.74, 6) is 0.431. The second-order valence-corrected chi connectivity index (χ2v) is 6.68. The van der Waals surface area contributed by atoms with Crippen LogP contribution in [0.15, 0.2) is 39.6 Å². The number of nitrogens with one attached hydrogen (secondary N) is 1. The van der Waals surface area contributed by atoms with Crippen LogP contribution >= 0.6 is 15.9 Å². The number of nitro benzene ring substituents is 1. The van der Waals surface area contributed by atoms with Gasteiger partial charge < -0.3 is 14.5 Å². The Morgan fingerprint density at radius 1 is 1.28 bits per heavy atom. The number of hydrogen-bond donors (Lipinski definition) is 1. The molecule has 0 saturated heterocycles. The number of allylic oxidation sites excluding steroid dienone is 1. The summed E-state index contributed by atoms with van der Waals surface area (Å²) < 4.78 is 11.0. The second-order valence-electron chi connectivity index (χ2n) is 5.77. The zero-order valence-corrected chi connectivity index (χ0v) is 16.8. The topological polar surface area (TPSA) is 131 Å². The number of nitro groups is 1. The van der Waals surface area contributed by atoms with Gasteiger partial charge in [-0.3, -0.25) is 14.9 Å². The quantitative estimate of drug-likeness (QED) is 0.351. The highest BCUT2D eigenvalue weighted by molar-refractivity contribution is 9.10. The highest BCUT2D eigenvalue weighted by Gasteiger charge is 2.20. The minimum Gasteiger partial charge on any atom is -0.493 e. The Kier molecular flexibility index (Phi) is 5.61. The molecule has 0 amide bonds. The van der Waals surface area contributed by atoms with Crippen molar-refractivity contribution in [1.29, 1.82) is 5.26 Å². The Morgan fingerprint density at radius 3 is 2.59 bits per heavy atom. The first-order valence-electron chi connectivity index (χ1n) is 8.10. The number of aromatic nitrogens is 2. The number of aromatic amines is 1. The number of benzene rings is 2. The highest BCUT2D eigenvalue weighted by Crippen LogP contribution is 2.36. The first kappa shape index (κ1) is 20.0. The zero-order valence-electron chi connectivity index (χ0n) is 15.2. The highest BCUT2D eigenvalue weighted by atomic mass is 79.9. The van der Waals surface area contributed by atoms with Crippen molar-refractivity contribution in [1.82, 2.24) is 9.97 Å². The van der Waals surface area contributed by atoms with E-state index in [-0.39, 0.29) is 34.1 Å². The molecule has 1 heterocycles. The molecule has 0 atom stereocenters. The summed E-state index contributed by atoms with van der Waals surface area (Å²) in [6, 6.07) is 9.47. The number of H-pyrrole nitrogens is 1. The summed E-state index contributed by atoms with van der Waals surface area (Å²) in [5.41, 5.74) is -0.295. The third kappa shape index (κ3) is 3.95. The number of halogens is 1. The Hall–Kier alpha value is -3.71. The summed E-state index contributed by atoms with van der Waals surface area (Å²) in [5, 5.41) is 21.4. The molecule has 0 unspecified atom stereocenters. The molecule has 0 aliphatic carbocycles. The van der Waals surface area contributed by atoms with Gasteiger partial charge in [0, 0.05) is 4.47 Å². The van der Waals surface area contributed by atoms with E-state index in [9.17, 15) is 20.2 Å². The van der Waals surface area contributed by atoms with Crippen molar-refractivity contribution in [2.24, 2.45) is 0 Å². The molecule has 1 N–H and O–H groups in total. The van der Waals surface area contributed by atoms with Crippen molar-refractivity contribution in [3.8, 4) is 17.6 Å². The van der Waals surface area contributed by atoms with Gasteiger partial charge in [-0.25, -0.2) is 4.98 Å². The van der Waals surface area contributed by atoms with Gasteiger partial charge in [-0.05, 0) is 30.3 Å². The number of ether oxygens (including phenoxy) is 2. The molecule has 0 fully saturated rings. The van der Waals surface area contributed by atoms with E-state index >= 15 is 0 Å². The molecule has 10 heteroatoms. The van der Waals surface area contributed by atoms with E-state index in [2.05, 4.69) is 25.9 Å². The molecule has 0 radical (unpaired) electrons. The summed E-state index contributed by atoms with van der Waals surface area (Å²) in [4.78, 5) is 30.1. The number of nitrogens with zero attached hydrogens (tertiary/aromatic N) is 3. The van der Waals surface area contributed by atoms with Crippen molar-refractivity contribution < 1.29 is 14.4 Å². The molecular weight excluding hydrogens is 444 g/mol. The van der Waals surface area contributed by atoms with Gasteiger partial charge in [-0.15, -0.1) is 0 Å². The standard InChI is InChI=1S/C19H13BrN4O5/c1-28-16-6-10(15(24(26)27)8-17(16)29-2)5-11(9-21)18-22-14-4-3-12(20)7-13(14)19(25)23-18/h3-8H,1-2H3,(H,22,23,25)/b11-5+. The van der Waals surface area contributed by atoms with E-state index in [4.69, 9.17) is 9.47 Å². The van der Waals surface area contributed by atoms with Crippen LogP contribution in [0.5, 0.6) is 11.5 Å². The average Bonchev–Trinajstić information content (AvgIpc) is 2.71. The third-order valence-corrected chi connectivity index (χ3v) is 4.57. The van der Waals surface area contributed by atoms with E-state index in [0.29, 0.717) is 15.4 Å². The van der Waals surface area contributed by atoms with Crippen molar-refractivity contribution in [3.63, 3.8) is 0 Å². The largest absolute Gasteiger partial charge is 0.493 e. The van der Waals surface area contributed by atoms with Crippen LogP contribution in [0.4, 0.5) is 5.69 Å². The Bertz CT molecular complexity index is 1260. The summed E-state index contributed by atoms with van der Waals surface area (Å²) in [7, 11) is 2.75. The number of fused-ring (bicyclic) bond motifs is 1. The fourth-order valence-corrected chi connectivity index (χ4v) is 3.07. The van der Waals surface area contributed by atoms with Gasteiger partial charge in [0.25, 0.3) is 11.2 Å². The molecule has 146 valence electrons. The lowest BCUT2D eigenvalue weighted by Gasteiger charge is -2.09. The normalized spacial score (nSPS) is 11.2. The zero-order chi connectivity index (χ0) is 21.1. The Labute approximate surface area is 172 Å². The molecule has 0 aliphatic rings. The molecule has 0 aliphatic heterocycles. The monoisotopic (exact) mass is 456 g/mol. The molecule has 29 heavy (non-hydrogen) atoms. The van der Waals surface area contributed by atoms with Gasteiger partial charge in [0.15, 0.2) is 17.3 Å². The Morgan fingerprint density at radius 2 is 1.97 bits per heavy atom. The molecule has 0 saturated carbocycles.